The van der Waals surface area contributed by atoms with Crippen molar-refractivity contribution in [2.75, 3.05) is 11.2 Å². The Labute approximate surface area is 125 Å². The number of nitrogens with one attached hydrogen (secondary N) is 1. The summed E-state index contributed by atoms with van der Waals surface area (Å²) in [7, 11) is 0. The maximum Gasteiger partial charge on any atom is 0.240 e. The molecule has 0 spiro atoms. The van der Waals surface area contributed by atoms with E-state index in [9.17, 15) is 4.79 Å². The minimum atomic E-state index is -0.319. The lowest BCUT2D eigenvalue weighted by Gasteiger charge is -2.03. The van der Waals surface area contributed by atoms with Crippen LogP contribution in [0.4, 0.5) is 5.82 Å². The van der Waals surface area contributed by atoms with Gasteiger partial charge < -0.3 is 10.1 Å². The summed E-state index contributed by atoms with van der Waals surface area (Å²) in [5, 5.41) is 6.84. The number of amides is 1. The van der Waals surface area contributed by atoms with Crippen molar-refractivity contribution < 1.29 is 9.53 Å². The summed E-state index contributed by atoms with van der Waals surface area (Å²) >= 11 is 5.43. The molecule has 7 heteroatoms. The van der Waals surface area contributed by atoms with Crippen LogP contribution in [0.1, 0.15) is 0 Å². The summed E-state index contributed by atoms with van der Waals surface area (Å²) in [5.41, 5.74) is 0.597. The number of hydrogen-bond donors (Lipinski definition) is 1. The Morgan fingerprint density at radius 1 is 1.24 bits per heavy atom. The van der Waals surface area contributed by atoms with Gasteiger partial charge in [0.15, 0.2) is 11.5 Å². The first-order valence-corrected chi connectivity index (χ1v) is 6.73. The number of rotatable bonds is 4. The van der Waals surface area contributed by atoms with E-state index >= 15 is 0 Å². The Morgan fingerprint density at radius 2 is 2.05 bits per heavy atom. The monoisotopic (exact) mass is 302 g/mol. The number of fused-ring (bicyclic) bond motifs is 1. The molecule has 1 N–H and O–H groups in total. The molecule has 1 amide bonds. The third kappa shape index (κ3) is 3.11. The first-order chi connectivity index (χ1) is 10.2. The quantitative estimate of drug-likeness (QED) is 0.752. The summed E-state index contributed by atoms with van der Waals surface area (Å²) < 4.78 is 7.16. The zero-order valence-electron chi connectivity index (χ0n) is 10.9. The van der Waals surface area contributed by atoms with Crippen LogP contribution < -0.4 is 10.1 Å². The largest absolute Gasteiger partial charge is 0.438 e. The summed E-state index contributed by atoms with van der Waals surface area (Å²) in [6.07, 6.45) is 1.59. The summed E-state index contributed by atoms with van der Waals surface area (Å²) in [5.74, 6) is 1.08. The van der Waals surface area contributed by atoms with E-state index in [-0.39, 0.29) is 11.8 Å². The molecule has 2 heterocycles. The number of benzene rings is 1. The second-order valence-electron chi connectivity index (χ2n) is 4.20. The third-order valence-corrected chi connectivity index (χ3v) is 2.89. The van der Waals surface area contributed by atoms with Gasteiger partial charge in [0.25, 0.3) is 0 Å². The Morgan fingerprint density at radius 3 is 2.81 bits per heavy atom. The van der Waals surface area contributed by atoms with Crippen molar-refractivity contribution in [3.8, 4) is 11.6 Å². The molecule has 3 rings (SSSR count). The SMILES string of the molecule is O=C(CCl)Nc1cn2nc(Oc3ccccc3)ccc2n1. The zero-order chi connectivity index (χ0) is 14.7. The van der Waals surface area contributed by atoms with Crippen LogP contribution in [-0.2, 0) is 4.79 Å². The fraction of sp³-hybridized carbons (Fsp3) is 0.0714. The first kappa shape index (κ1) is 13.4. The highest BCUT2D eigenvalue weighted by Crippen LogP contribution is 2.19. The number of ether oxygens (including phenoxy) is 1. The maximum atomic E-state index is 11.2. The number of hydrogen-bond acceptors (Lipinski definition) is 4. The lowest BCUT2D eigenvalue weighted by Crippen LogP contribution is -2.12. The molecule has 0 unspecified atom stereocenters. The maximum absolute atomic E-state index is 11.2. The Balaban J connectivity index is 1.84. The number of halogens is 1. The van der Waals surface area contributed by atoms with Gasteiger partial charge in [-0.25, -0.2) is 9.50 Å². The number of aromatic nitrogens is 3. The van der Waals surface area contributed by atoms with Gasteiger partial charge in [-0.05, 0) is 18.2 Å². The minimum Gasteiger partial charge on any atom is -0.438 e. The summed E-state index contributed by atoms with van der Waals surface area (Å²) in [4.78, 5) is 15.4. The third-order valence-electron chi connectivity index (χ3n) is 2.65. The molecule has 0 saturated carbocycles. The Kier molecular flexibility index (Phi) is 3.70. The van der Waals surface area contributed by atoms with Crippen LogP contribution in [0.3, 0.4) is 0 Å². The van der Waals surface area contributed by atoms with Crippen LogP contribution >= 0.6 is 11.6 Å². The molecular formula is C14H11ClN4O2. The average Bonchev–Trinajstić information content (AvgIpc) is 2.89. The van der Waals surface area contributed by atoms with Gasteiger partial charge in [0.1, 0.15) is 11.6 Å². The summed E-state index contributed by atoms with van der Waals surface area (Å²) in [6, 6.07) is 12.8. The summed E-state index contributed by atoms with van der Waals surface area (Å²) in [6.45, 7) is 0. The number of carbonyl (C=O) groups is 1. The van der Waals surface area contributed by atoms with Crippen LogP contribution in [0.2, 0.25) is 0 Å². The van der Waals surface area contributed by atoms with E-state index in [2.05, 4.69) is 15.4 Å². The molecule has 0 aliphatic heterocycles. The molecular weight excluding hydrogens is 292 g/mol. The zero-order valence-corrected chi connectivity index (χ0v) is 11.6. The fourth-order valence-corrected chi connectivity index (χ4v) is 1.83. The second kappa shape index (κ2) is 5.80. The highest BCUT2D eigenvalue weighted by atomic mass is 35.5. The molecule has 1 aromatic carbocycles. The lowest BCUT2D eigenvalue weighted by molar-refractivity contribution is -0.113. The topological polar surface area (TPSA) is 68.5 Å². The molecule has 2 aromatic heterocycles. The Bertz CT molecular complexity index is 773. The van der Waals surface area contributed by atoms with Gasteiger partial charge in [-0.2, -0.15) is 0 Å². The standard InChI is InChI=1S/C14H11ClN4O2/c15-8-13(20)17-11-9-19-12(16-11)6-7-14(18-19)21-10-4-2-1-3-5-10/h1-7,9H,8H2,(H,17,20). The van der Waals surface area contributed by atoms with Gasteiger partial charge in [-0.1, -0.05) is 18.2 Å². The van der Waals surface area contributed by atoms with Crippen molar-refractivity contribution in [1.82, 2.24) is 14.6 Å². The van der Waals surface area contributed by atoms with E-state index in [1.807, 2.05) is 30.3 Å². The molecule has 0 atom stereocenters. The average molecular weight is 303 g/mol. The highest BCUT2D eigenvalue weighted by Gasteiger charge is 2.07. The van der Waals surface area contributed by atoms with Crippen LogP contribution in [0.5, 0.6) is 11.6 Å². The molecule has 0 radical (unpaired) electrons. The Hall–Kier alpha value is -2.60. The van der Waals surface area contributed by atoms with E-state index in [4.69, 9.17) is 16.3 Å². The smallest absolute Gasteiger partial charge is 0.240 e. The molecule has 6 nitrogen and oxygen atoms in total. The number of imidazole rings is 1. The molecule has 21 heavy (non-hydrogen) atoms. The molecule has 0 aliphatic carbocycles. The van der Waals surface area contributed by atoms with Crippen molar-refractivity contribution >= 4 is 29.0 Å². The minimum absolute atomic E-state index is 0.121. The van der Waals surface area contributed by atoms with Crippen molar-refractivity contribution in [1.29, 1.82) is 0 Å². The number of carbonyl (C=O) groups excluding carboxylic acids is 1. The predicted octanol–water partition coefficient (Wildman–Crippen LogP) is 2.70. The van der Waals surface area contributed by atoms with Gasteiger partial charge in [0.2, 0.25) is 11.8 Å². The first-order valence-electron chi connectivity index (χ1n) is 6.20. The number of alkyl halides is 1. The number of para-hydroxylation sites is 1. The van der Waals surface area contributed by atoms with Gasteiger partial charge in [0, 0.05) is 6.07 Å². The van der Waals surface area contributed by atoms with Crippen LogP contribution in [0, 0.1) is 0 Å². The van der Waals surface area contributed by atoms with E-state index in [0.717, 1.165) is 0 Å². The highest BCUT2D eigenvalue weighted by molar-refractivity contribution is 6.29. The van der Waals surface area contributed by atoms with E-state index in [1.165, 1.54) is 4.52 Å². The van der Waals surface area contributed by atoms with Crippen molar-refractivity contribution in [2.24, 2.45) is 0 Å². The van der Waals surface area contributed by atoms with E-state index in [1.54, 1.807) is 18.3 Å². The second-order valence-corrected chi connectivity index (χ2v) is 4.46. The molecule has 0 aliphatic rings. The molecule has 0 bridgehead atoms. The van der Waals surface area contributed by atoms with Crippen LogP contribution in [0.15, 0.2) is 48.7 Å². The molecule has 0 saturated heterocycles. The molecule has 0 fully saturated rings. The van der Waals surface area contributed by atoms with Gasteiger partial charge in [-0.3, -0.25) is 4.79 Å². The molecule has 106 valence electrons. The van der Waals surface area contributed by atoms with E-state index in [0.29, 0.717) is 23.1 Å². The number of nitrogens with zero attached hydrogens (tertiary/aromatic N) is 3. The van der Waals surface area contributed by atoms with Gasteiger partial charge in [0.05, 0.1) is 6.20 Å². The van der Waals surface area contributed by atoms with E-state index < -0.39 is 0 Å². The van der Waals surface area contributed by atoms with Gasteiger partial charge >= 0.3 is 0 Å². The normalized spacial score (nSPS) is 10.5. The van der Waals surface area contributed by atoms with Crippen LogP contribution in [-0.4, -0.2) is 26.4 Å². The van der Waals surface area contributed by atoms with Crippen molar-refractivity contribution in [3.05, 3.63) is 48.7 Å². The van der Waals surface area contributed by atoms with Gasteiger partial charge in [-0.15, -0.1) is 16.7 Å². The molecule has 3 aromatic rings. The van der Waals surface area contributed by atoms with Crippen molar-refractivity contribution in [2.45, 2.75) is 0 Å². The predicted molar refractivity (Wildman–Crippen MR) is 78.9 cm³/mol. The lowest BCUT2D eigenvalue weighted by atomic mass is 10.3. The van der Waals surface area contributed by atoms with Crippen molar-refractivity contribution in [3.63, 3.8) is 0 Å². The number of anilines is 1. The fourth-order valence-electron chi connectivity index (χ4n) is 1.76. The van der Waals surface area contributed by atoms with Crippen LogP contribution in [0.25, 0.3) is 5.65 Å².